The van der Waals surface area contributed by atoms with E-state index in [-0.39, 0.29) is 17.5 Å². The minimum Gasteiger partial charge on any atom is -0.336 e. The largest absolute Gasteiger partial charge is 0.336 e. The molecule has 1 aliphatic heterocycles. The van der Waals surface area contributed by atoms with Gasteiger partial charge in [-0.05, 0) is 18.6 Å². The summed E-state index contributed by atoms with van der Waals surface area (Å²) in [4.78, 5) is 16.1. The molecule has 1 heterocycles. The van der Waals surface area contributed by atoms with E-state index in [4.69, 9.17) is 0 Å². The molecule has 0 spiro atoms. The first kappa shape index (κ1) is 15.5. The lowest BCUT2D eigenvalue weighted by atomic mass is 10.1. The predicted octanol–water partition coefficient (Wildman–Crippen LogP) is 2.28. The first-order valence-electron chi connectivity index (χ1n) is 7.34. The first-order valence-corrected chi connectivity index (χ1v) is 7.34. The van der Waals surface area contributed by atoms with Crippen LogP contribution in [0.3, 0.4) is 0 Å². The average Bonchev–Trinajstić information content (AvgIpc) is 2.52. The highest BCUT2D eigenvalue weighted by molar-refractivity contribution is 5.94. The fourth-order valence-electron chi connectivity index (χ4n) is 2.64. The molecule has 112 valence electrons. The number of carbonyl (C=O) groups is 1. The van der Waals surface area contributed by atoms with Crippen LogP contribution in [-0.2, 0) is 0 Å². The van der Waals surface area contributed by atoms with E-state index in [1.807, 2.05) is 0 Å². The maximum atomic E-state index is 13.7. The van der Waals surface area contributed by atoms with Crippen LogP contribution in [0.1, 0.15) is 30.1 Å². The molecule has 0 N–H and O–H groups in total. The number of hydrogen-bond acceptors (Lipinski definition) is 3. The summed E-state index contributed by atoms with van der Waals surface area (Å²) in [6, 6.07) is 8.29. The average molecular weight is 289 g/mol. The summed E-state index contributed by atoms with van der Waals surface area (Å²) >= 11 is 0. The zero-order valence-electron chi connectivity index (χ0n) is 12.3. The van der Waals surface area contributed by atoms with E-state index in [0.717, 1.165) is 12.8 Å². The van der Waals surface area contributed by atoms with Crippen molar-refractivity contribution in [3.63, 3.8) is 0 Å². The summed E-state index contributed by atoms with van der Waals surface area (Å²) in [6.45, 7) is 4.46. The van der Waals surface area contributed by atoms with Crippen LogP contribution in [0.5, 0.6) is 0 Å². The Kier molecular flexibility index (Phi) is 5.29. The molecule has 1 fully saturated rings. The van der Waals surface area contributed by atoms with Crippen molar-refractivity contribution in [1.29, 1.82) is 5.26 Å². The van der Waals surface area contributed by atoms with E-state index in [9.17, 15) is 14.4 Å². The third-order valence-corrected chi connectivity index (χ3v) is 3.86. The molecule has 1 aromatic rings. The molecule has 0 aliphatic carbocycles. The second kappa shape index (κ2) is 7.19. The fourth-order valence-corrected chi connectivity index (χ4v) is 2.64. The lowest BCUT2D eigenvalue weighted by Crippen LogP contribution is -2.51. The lowest BCUT2D eigenvalue weighted by molar-refractivity contribution is 0.0597. The molecule has 21 heavy (non-hydrogen) atoms. The van der Waals surface area contributed by atoms with Gasteiger partial charge in [0.15, 0.2) is 0 Å². The molecule has 0 bridgehead atoms. The van der Waals surface area contributed by atoms with Crippen LogP contribution in [0.4, 0.5) is 4.39 Å². The molecular weight excluding hydrogens is 269 g/mol. The maximum Gasteiger partial charge on any atom is 0.256 e. The zero-order valence-corrected chi connectivity index (χ0v) is 12.3. The number of nitriles is 1. The van der Waals surface area contributed by atoms with Crippen LogP contribution in [-0.4, -0.2) is 47.9 Å². The van der Waals surface area contributed by atoms with E-state index in [2.05, 4.69) is 17.9 Å². The van der Waals surface area contributed by atoms with Crippen LogP contribution >= 0.6 is 0 Å². The van der Waals surface area contributed by atoms with Crippen molar-refractivity contribution in [2.24, 2.45) is 0 Å². The summed E-state index contributed by atoms with van der Waals surface area (Å²) in [7, 11) is 0. The third-order valence-electron chi connectivity index (χ3n) is 3.86. The van der Waals surface area contributed by atoms with Crippen LogP contribution in [0, 0.1) is 17.1 Å². The zero-order chi connectivity index (χ0) is 15.2. The Morgan fingerprint density at radius 3 is 2.57 bits per heavy atom. The quantitative estimate of drug-likeness (QED) is 0.854. The topological polar surface area (TPSA) is 47.3 Å². The number of carbonyl (C=O) groups excluding carboxylic acids is 1. The Bertz CT molecular complexity index is 533. The molecule has 1 amide bonds. The highest BCUT2D eigenvalue weighted by Gasteiger charge is 2.27. The predicted molar refractivity (Wildman–Crippen MR) is 78.2 cm³/mol. The fraction of sp³-hybridized carbons (Fsp3) is 0.500. The second-order valence-electron chi connectivity index (χ2n) is 5.24. The number of amides is 1. The van der Waals surface area contributed by atoms with Gasteiger partial charge in [0.25, 0.3) is 5.91 Å². The lowest BCUT2D eigenvalue weighted by Gasteiger charge is -2.37. The van der Waals surface area contributed by atoms with Crippen molar-refractivity contribution in [1.82, 2.24) is 9.80 Å². The van der Waals surface area contributed by atoms with Crippen molar-refractivity contribution in [2.45, 2.75) is 25.8 Å². The molecule has 1 unspecified atom stereocenters. The third kappa shape index (κ3) is 3.59. The van der Waals surface area contributed by atoms with Crippen molar-refractivity contribution < 1.29 is 9.18 Å². The van der Waals surface area contributed by atoms with Crippen molar-refractivity contribution >= 4 is 5.91 Å². The number of halogens is 1. The molecular formula is C16H20FN3O. The van der Waals surface area contributed by atoms with Crippen molar-refractivity contribution in [3.05, 3.63) is 35.6 Å². The van der Waals surface area contributed by atoms with Gasteiger partial charge >= 0.3 is 0 Å². The van der Waals surface area contributed by atoms with E-state index >= 15 is 0 Å². The SMILES string of the molecule is CCCC(C#N)N1CCN(C(=O)c2ccccc2F)CC1. The van der Waals surface area contributed by atoms with E-state index in [1.54, 1.807) is 17.0 Å². The van der Waals surface area contributed by atoms with Crippen LogP contribution in [0.15, 0.2) is 24.3 Å². The van der Waals surface area contributed by atoms with E-state index in [1.165, 1.54) is 12.1 Å². The minimum atomic E-state index is -0.481. The maximum absolute atomic E-state index is 13.7. The van der Waals surface area contributed by atoms with Gasteiger partial charge in [0.1, 0.15) is 5.82 Å². The summed E-state index contributed by atoms with van der Waals surface area (Å²) in [5.41, 5.74) is 0.122. The molecule has 2 rings (SSSR count). The van der Waals surface area contributed by atoms with Gasteiger partial charge in [-0.2, -0.15) is 5.26 Å². The summed E-state index contributed by atoms with van der Waals surface area (Å²) < 4.78 is 13.7. The van der Waals surface area contributed by atoms with Gasteiger partial charge in [-0.25, -0.2) is 4.39 Å². The number of rotatable bonds is 4. The molecule has 1 atom stereocenters. The number of nitrogens with zero attached hydrogens (tertiary/aromatic N) is 3. The van der Waals surface area contributed by atoms with E-state index < -0.39 is 5.82 Å². The standard InChI is InChI=1S/C16H20FN3O/c1-2-5-13(12-18)19-8-10-20(11-9-19)16(21)14-6-3-4-7-15(14)17/h3-4,6-7,13H,2,5,8-11H2,1H3. The Labute approximate surface area is 124 Å². The molecule has 4 nitrogen and oxygen atoms in total. The monoisotopic (exact) mass is 289 g/mol. The number of hydrogen-bond donors (Lipinski definition) is 0. The molecule has 0 radical (unpaired) electrons. The van der Waals surface area contributed by atoms with Crippen LogP contribution in [0.25, 0.3) is 0 Å². The van der Waals surface area contributed by atoms with Gasteiger partial charge < -0.3 is 4.90 Å². The first-order chi connectivity index (χ1) is 10.2. The highest BCUT2D eigenvalue weighted by Crippen LogP contribution is 2.14. The molecule has 1 aliphatic rings. The number of piperazine rings is 1. The van der Waals surface area contributed by atoms with Crippen LogP contribution < -0.4 is 0 Å². The molecule has 5 heteroatoms. The minimum absolute atomic E-state index is 0.0827. The van der Waals surface area contributed by atoms with Gasteiger partial charge in [-0.1, -0.05) is 25.5 Å². The van der Waals surface area contributed by atoms with Crippen molar-refractivity contribution in [2.75, 3.05) is 26.2 Å². The van der Waals surface area contributed by atoms with Gasteiger partial charge in [0, 0.05) is 26.2 Å². The van der Waals surface area contributed by atoms with Crippen LogP contribution in [0.2, 0.25) is 0 Å². The van der Waals surface area contributed by atoms with Gasteiger partial charge in [-0.3, -0.25) is 9.69 Å². The Morgan fingerprint density at radius 2 is 2.00 bits per heavy atom. The molecule has 1 aromatic carbocycles. The second-order valence-corrected chi connectivity index (χ2v) is 5.24. The normalized spacial score (nSPS) is 17.3. The van der Waals surface area contributed by atoms with Gasteiger partial charge in [0.05, 0.1) is 17.7 Å². The molecule has 1 saturated heterocycles. The van der Waals surface area contributed by atoms with Gasteiger partial charge in [-0.15, -0.1) is 0 Å². The Morgan fingerprint density at radius 1 is 1.33 bits per heavy atom. The number of benzene rings is 1. The van der Waals surface area contributed by atoms with Crippen molar-refractivity contribution in [3.8, 4) is 6.07 Å². The smallest absolute Gasteiger partial charge is 0.256 e. The highest BCUT2D eigenvalue weighted by atomic mass is 19.1. The summed E-state index contributed by atoms with van der Waals surface area (Å²) in [6.07, 6.45) is 1.81. The Balaban J connectivity index is 1.97. The molecule has 0 aromatic heterocycles. The van der Waals surface area contributed by atoms with Gasteiger partial charge in [0.2, 0.25) is 0 Å². The summed E-state index contributed by atoms with van der Waals surface area (Å²) in [5.74, 6) is -0.748. The molecule has 0 saturated carbocycles. The van der Waals surface area contributed by atoms with E-state index in [0.29, 0.717) is 26.2 Å². The Hall–Kier alpha value is -1.93. The summed E-state index contributed by atoms with van der Waals surface area (Å²) in [5, 5.41) is 9.18.